The Bertz CT molecular complexity index is 606. The average molecular weight is 264 g/mol. The molecular weight excluding hydrogens is 252 g/mol. The lowest BCUT2D eigenvalue weighted by Crippen LogP contribution is -2.24. The third-order valence-corrected chi connectivity index (χ3v) is 3.18. The largest absolute Gasteiger partial charge is 0.459 e. The second kappa shape index (κ2) is 5.14. The van der Waals surface area contributed by atoms with E-state index in [0.29, 0.717) is 5.13 Å². The summed E-state index contributed by atoms with van der Waals surface area (Å²) in [4.78, 5) is 26.8. The Morgan fingerprint density at radius 1 is 1.44 bits per heavy atom. The van der Waals surface area contributed by atoms with Gasteiger partial charge < -0.3 is 4.74 Å². The molecule has 0 saturated heterocycles. The van der Waals surface area contributed by atoms with E-state index in [4.69, 9.17) is 0 Å². The summed E-state index contributed by atoms with van der Waals surface area (Å²) in [6.45, 7) is 3.78. The van der Waals surface area contributed by atoms with Gasteiger partial charge in [0.25, 0.3) is 0 Å². The third-order valence-electron chi connectivity index (χ3n) is 2.22. The maximum atomic E-state index is 11.4. The molecule has 0 spiro atoms. The van der Waals surface area contributed by atoms with E-state index < -0.39 is 11.9 Å². The van der Waals surface area contributed by atoms with Crippen molar-refractivity contribution in [2.24, 2.45) is 0 Å². The highest BCUT2D eigenvalue weighted by atomic mass is 32.1. The number of amides is 1. The first kappa shape index (κ1) is 12.5. The first-order valence-corrected chi connectivity index (χ1v) is 6.27. The van der Waals surface area contributed by atoms with Crippen molar-refractivity contribution in [3.8, 4) is 0 Å². The molecule has 5 nitrogen and oxygen atoms in total. The van der Waals surface area contributed by atoms with E-state index in [9.17, 15) is 9.59 Å². The highest BCUT2D eigenvalue weighted by molar-refractivity contribution is 7.22. The van der Waals surface area contributed by atoms with E-state index in [2.05, 4.69) is 15.0 Å². The topological polar surface area (TPSA) is 68.3 Å². The zero-order valence-corrected chi connectivity index (χ0v) is 10.8. The lowest BCUT2D eigenvalue weighted by atomic mass is 10.2. The molecule has 0 aliphatic carbocycles. The summed E-state index contributed by atoms with van der Waals surface area (Å²) in [5, 5.41) is 2.83. The summed E-state index contributed by atoms with van der Waals surface area (Å²) in [5.74, 6) is -1.69. The van der Waals surface area contributed by atoms with Gasteiger partial charge in [-0.15, -0.1) is 0 Å². The molecule has 1 N–H and O–H groups in total. The Balaban J connectivity index is 2.17. The highest BCUT2D eigenvalue weighted by Crippen LogP contribution is 2.26. The number of benzene rings is 1. The number of nitrogens with zero attached hydrogens (tertiary/aromatic N) is 1. The van der Waals surface area contributed by atoms with Crippen LogP contribution in [0.3, 0.4) is 0 Å². The number of nitrogens with one attached hydrogen (secondary N) is 1. The smallest absolute Gasteiger partial charge is 0.397 e. The molecule has 0 aliphatic heterocycles. The average Bonchev–Trinajstić information content (AvgIpc) is 2.70. The predicted molar refractivity (Wildman–Crippen MR) is 69.6 cm³/mol. The van der Waals surface area contributed by atoms with E-state index in [1.54, 1.807) is 6.92 Å². The number of fused-ring (bicyclic) bond motifs is 1. The Labute approximate surface area is 108 Å². The summed E-state index contributed by atoms with van der Waals surface area (Å²) < 4.78 is 5.55. The van der Waals surface area contributed by atoms with Crippen molar-refractivity contribution < 1.29 is 14.3 Å². The van der Waals surface area contributed by atoms with Crippen LogP contribution in [0.5, 0.6) is 0 Å². The van der Waals surface area contributed by atoms with Crippen LogP contribution in [-0.4, -0.2) is 23.5 Å². The summed E-state index contributed by atoms with van der Waals surface area (Å²) in [5.41, 5.74) is 1.90. The summed E-state index contributed by atoms with van der Waals surface area (Å²) in [7, 11) is 0. The summed E-state index contributed by atoms with van der Waals surface area (Å²) >= 11 is 1.32. The van der Waals surface area contributed by atoms with E-state index in [0.717, 1.165) is 15.8 Å². The number of aromatic nitrogens is 1. The standard InChI is InChI=1S/C12H12N2O3S/c1-3-17-11(16)10(15)14-12-13-8-6-7(2)4-5-9(8)18-12/h4-6H,3H2,1-2H3,(H,13,14,15). The van der Waals surface area contributed by atoms with E-state index in [-0.39, 0.29) is 6.61 Å². The normalized spacial score (nSPS) is 10.3. The minimum atomic E-state index is -0.895. The molecule has 0 bridgehead atoms. The number of carbonyl (C=O) groups is 2. The number of hydrogen-bond acceptors (Lipinski definition) is 5. The number of aryl methyl sites for hydroxylation is 1. The Morgan fingerprint density at radius 3 is 2.94 bits per heavy atom. The fourth-order valence-corrected chi connectivity index (χ4v) is 2.28. The molecule has 0 radical (unpaired) electrons. The molecule has 1 amide bonds. The molecule has 18 heavy (non-hydrogen) atoms. The van der Waals surface area contributed by atoms with Crippen LogP contribution in [0.4, 0.5) is 5.13 Å². The van der Waals surface area contributed by atoms with Crippen LogP contribution < -0.4 is 5.32 Å². The Kier molecular flexibility index (Phi) is 3.57. The van der Waals surface area contributed by atoms with Gasteiger partial charge >= 0.3 is 11.9 Å². The lowest BCUT2D eigenvalue weighted by Gasteiger charge is -2.00. The summed E-state index contributed by atoms with van der Waals surface area (Å²) in [6.07, 6.45) is 0. The maximum absolute atomic E-state index is 11.4. The van der Waals surface area contributed by atoms with Gasteiger partial charge in [-0.3, -0.25) is 10.1 Å². The van der Waals surface area contributed by atoms with Gasteiger partial charge in [-0.05, 0) is 31.5 Å². The van der Waals surface area contributed by atoms with Crippen molar-refractivity contribution in [1.82, 2.24) is 4.98 Å². The Morgan fingerprint density at radius 2 is 2.22 bits per heavy atom. The van der Waals surface area contributed by atoms with Gasteiger partial charge in [-0.25, -0.2) is 9.78 Å². The van der Waals surface area contributed by atoms with Gasteiger partial charge in [0.15, 0.2) is 5.13 Å². The van der Waals surface area contributed by atoms with Crippen LogP contribution in [-0.2, 0) is 14.3 Å². The van der Waals surface area contributed by atoms with Crippen molar-refractivity contribution in [2.45, 2.75) is 13.8 Å². The number of ether oxygens (including phenoxy) is 1. The first-order chi connectivity index (χ1) is 8.60. The molecule has 6 heteroatoms. The molecule has 2 aromatic rings. The van der Waals surface area contributed by atoms with Crippen molar-refractivity contribution >= 4 is 38.6 Å². The Hall–Kier alpha value is -1.95. The number of esters is 1. The molecule has 0 unspecified atom stereocenters. The molecule has 0 fully saturated rings. The van der Waals surface area contributed by atoms with Crippen LogP contribution in [0.15, 0.2) is 18.2 Å². The van der Waals surface area contributed by atoms with Gasteiger partial charge in [0.1, 0.15) is 0 Å². The van der Waals surface area contributed by atoms with E-state index >= 15 is 0 Å². The zero-order chi connectivity index (χ0) is 13.1. The molecular formula is C12H12N2O3S. The zero-order valence-electron chi connectivity index (χ0n) is 10.0. The third kappa shape index (κ3) is 2.65. The molecule has 94 valence electrons. The maximum Gasteiger partial charge on any atom is 0.397 e. The fourth-order valence-electron chi connectivity index (χ4n) is 1.44. The fraction of sp³-hybridized carbons (Fsp3) is 0.250. The molecule has 0 aliphatic rings. The minimum Gasteiger partial charge on any atom is -0.459 e. The second-order valence-corrected chi connectivity index (χ2v) is 4.70. The highest BCUT2D eigenvalue weighted by Gasteiger charge is 2.16. The molecule has 0 saturated carbocycles. The van der Waals surface area contributed by atoms with E-state index in [1.807, 2.05) is 25.1 Å². The predicted octanol–water partition coefficient (Wildman–Crippen LogP) is 2.11. The van der Waals surface area contributed by atoms with Gasteiger partial charge in [-0.2, -0.15) is 0 Å². The van der Waals surface area contributed by atoms with Crippen LogP contribution >= 0.6 is 11.3 Å². The number of rotatable bonds is 2. The van der Waals surface area contributed by atoms with Crippen molar-refractivity contribution in [3.05, 3.63) is 23.8 Å². The molecule has 1 aromatic heterocycles. The van der Waals surface area contributed by atoms with Crippen LogP contribution in [0.1, 0.15) is 12.5 Å². The van der Waals surface area contributed by atoms with E-state index in [1.165, 1.54) is 11.3 Å². The monoisotopic (exact) mass is 264 g/mol. The lowest BCUT2D eigenvalue weighted by molar-refractivity contribution is -0.152. The minimum absolute atomic E-state index is 0.172. The molecule has 1 heterocycles. The quantitative estimate of drug-likeness (QED) is 0.666. The van der Waals surface area contributed by atoms with Gasteiger partial charge in [0, 0.05) is 0 Å². The SMILES string of the molecule is CCOC(=O)C(=O)Nc1nc2cc(C)ccc2s1. The molecule has 1 aromatic carbocycles. The second-order valence-electron chi connectivity index (χ2n) is 3.66. The van der Waals surface area contributed by atoms with Crippen molar-refractivity contribution in [2.75, 3.05) is 11.9 Å². The van der Waals surface area contributed by atoms with Gasteiger partial charge in [0.05, 0.1) is 16.8 Å². The number of thiazole rings is 1. The van der Waals surface area contributed by atoms with Crippen LogP contribution in [0.2, 0.25) is 0 Å². The number of carbonyl (C=O) groups excluding carboxylic acids is 2. The molecule has 0 atom stereocenters. The van der Waals surface area contributed by atoms with Crippen molar-refractivity contribution in [3.63, 3.8) is 0 Å². The number of anilines is 1. The first-order valence-electron chi connectivity index (χ1n) is 5.45. The van der Waals surface area contributed by atoms with Crippen molar-refractivity contribution in [1.29, 1.82) is 0 Å². The summed E-state index contributed by atoms with van der Waals surface area (Å²) in [6, 6.07) is 5.83. The van der Waals surface area contributed by atoms with Gasteiger partial charge in [0.2, 0.25) is 0 Å². The van der Waals surface area contributed by atoms with Crippen LogP contribution in [0, 0.1) is 6.92 Å². The van der Waals surface area contributed by atoms with Crippen LogP contribution in [0.25, 0.3) is 10.2 Å². The number of hydrogen-bond donors (Lipinski definition) is 1. The molecule has 2 rings (SSSR count). The van der Waals surface area contributed by atoms with Gasteiger partial charge in [-0.1, -0.05) is 17.4 Å².